The molecular formula is C76H68N4. The Kier molecular flexibility index (Phi) is 18.1. The molecule has 4 nitrogen and oxygen atoms in total. The van der Waals surface area contributed by atoms with Crippen LogP contribution in [0.4, 0.5) is 0 Å². The molecule has 2 saturated heterocycles. The predicted molar refractivity (Wildman–Crippen MR) is 329 cm³/mol. The number of benzene rings is 10. The van der Waals surface area contributed by atoms with Crippen LogP contribution >= 0.6 is 0 Å². The van der Waals surface area contributed by atoms with Gasteiger partial charge in [-0.2, -0.15) is 0 Å². The van der Waals surface area contributed by atoms with Crippen LogP contribution in [0.1, 0.15) is 91.9 Å². The van der Waals surface area contributed by atoms with E-state index >= 15 is 0 Å². The van der Waals surface area contributed by atoms with Crippen molar-refractivity contribution < 1.29 is 0 Å². The molecule has 10 aromatic rings. The first-order chi connectivity index (χ1) is 39.7. The van der Waals surface area contributed by atoms with Gasteiger partial charge in [-0.1, -0.05) is 303 Å². The molecule has 80 heavy (non-hydrogen) atoms. The SMILES string of the molecule is C(#C[C@H](c1ccccc1)N1CCN(Cc2ccccc2)[C@H](c2ccccc2)[C@H]1c1ccccc1)c1ccccc1.C(#C[C@H](c1ccccc1)N1CCN(Cc2ccccc2)[C@H](c2ccccc2)[C@H]1c1ccccc1)c1ccccc1. The second-order valence-electron chi connectivity index (χ2n) is 20.7. The van der Waals surface area contributed by atoms with Gasteiger partial charge in [-0.3, -0.25) is 19.6 Å². The number of hydrogen-bond donors (Lipinski definition) is 0. The third-order valence-electron chi connectivity index (χ3n) is 15.6. The first-order valence-electron chi connectivity index (χ1n) is 28.2. The highest BCUT2D eigenvalue weighted by Crippen LogP contribution is 2.47. The van der Waals surface area contributed by atoms with Crippen LogP contribution < -0.4 is 0 Å². The molecular weight excluding hydrogens is 969 g/mol. The summed E-state index contributed by atoms with van der Waals surface area (Å²) >= 11 is 0. The third-order valence-corrected chi connectivity index (χ3v) is 15.6. The molecule has 392 valence electrons. The Morgan fingerprint density at radius 3 is 0.825 bits per heavy atom. The zero-order valence-corrected chi connectivity index (χ0v) is 45.4. The zero-order chi connectivity index (χ0) is 54.0. The molecule has 0 aromatic heterocycles. The lowest BCUT2D eigenvalue weighted by molar-refractivity contribution is -0.00257. The van der Waals surface area contributed by atoms with E-state index in [1.807, 2.05) is 12.1 Å². The fraction of sp³-hybridized carbons (Fsp3) is 0.158. The van der Waals surface area contributed by atoms with Crippen molar-refractivity contribution in [2.75, 3.05) is 26.2 Å². The van der Waals surface area contributed by atoms with E-state index in [9.17, 15) is 0 Å². The Hall–Kier alpha value is -8.84. The molecule has 0 unspecified atom stereocenters. The molecule has 12 rings (SSSR count). The van der Waals surface area contributed by atoms with E-state index in [2.05, 4.69) is 334 Å². The predicted octanol–water partition coefficient (Wildman–Crippen LogP) is 16.2. The second-order valence-corrected chi connectivity index (χ2v) is 20.7. The van der Waals surface area contributed by atoms with E-state index in [1.54, 1.807) is 0 Å². The summed E-state index contributed by atoms with van der Waals surface area (Å²) in [6.45, 7) is 5.55. The Labute approximate surface area is 475 Å². The van der Waals surface area contributed by atoms with Crippen molar-refractivity contribution in [2.45, 2.75) is 49.3 Å². The fourth-order valence-corrected chi connectivity index (χ4v) is 11.8. The van der Waals surface area contributed by atoms with E-state index in [-0.39, 0.29) is 36.3 Å². The normalized spacial score (nSPS) is 18.4. The molecule has 0 N–H and O–H groups in total. The maximum atomic E-state index is 3.72. The summed E-state index contributed by atoms with van der Waals surface area (Å²) in [6.07, 6.45) is 0. The summed E-state index contributed by atoms with van der Waals surface area (Å²) in [5, 5.41) is 0. The van der Waals surface area contributed by atoms with Gasteiger partial charge in [0.05, 0.1) is 36.3 Å². The molecule has 0 radical (unpaired) electrons. The van der Waals surface area contributed by atoms with E-state index < -0.39 is 0 Å². The van der Waals surface area contributed by atoms with Gasteiger partial charge >= 0.3 is 0 Å². The van der Waals surface area contributed by atoms with Crippen molar-refractivity contribution >= 4 is 0 Å². The average Bonchev–Trinajstić information content (AvgIpc) is 3.56. The van der Waals surface area contributed by atoms with Crippen LogP contribution in [0.5, 0.6) is 0 Å². The van der Waals surface area contributed by atoms with Crippen LogP contribution in [0.25, 0.3) is 0 Å². The monoisotopic (exact) mass is 1040 g/mol. The van der Waals surface area contributed by atoms with Gasteiger partial charge in [-0.25, -0.2) is 0 Å². The molecule has 0 bridgehead atoms. The minimum atomic E-state index is -0.0447. The van der Waals surface area contributed by atoms with Crippen molar-refractivity contribution in [1.82, 2.24) is 19.6 Å². The lowest BCUT2D eigenvalue weighted by atomic mass is 9.86. The van der Waals surface area contributed by atoms with Gasteiger partial charge in [-0.05, 0) is 68.8 Å². The van der Waals surface area contributed by atoms with Crippen LogP contribution in [0.2, 0.25) is 0 Å². The van der Waals surface area contributed by atoms with Crippen molar-refractivity contribution in [2.24, 2.45) is 0 Å². The van der Waals surface area contributed by atoms with Gasteiger partial charge in [-0.15, -0.1) is 0 Å². The average molecular weight is 1040 g/mol. The smallest absolute Gasteiger partial charge is 0.0980 e. The number of nitrogens with zero attached hydrogens (tertiary/aromatic N) is 4. The lowest BCUT2D eigenvalue weighted by Gasteiger charge is -2.50. The molecule has 4 heteroatoms. The molecule has 0 aliphatic carbocycles. The number of hydrogen-bond acceptors (Lipinski definition) is 4. The van der Waals surface area contributed by atoms with Crippen molar-refractivity contribution in [3.05, 3.63) is 359 Å². The highest BCUT2D eigenvalue weighted by molar-refractivity contribution is 5.42. The maximum absolute atomic E-state index is 3.72. The van der Waals surface area contributed by atoms with E-state index in [0.717, 1.165) is 50.4 Å². The Morgan fingerprint density at radius 2 is 0.525 bits per heavy atom. The molecule has 6 atom stereocenters. The molecule has 2 fully saturated rings. The Bertz CT molecular complexity index is 3290. The van der Waals surface area contributed by atoms with Gasteiger partial charge in [0.25, 0.3) is 0 Å². The van der Waals surface area contributed by atoms with E-state index in [0.29, 0.717) is 0 Å². The van der Waals surface area contributed by atoms with Gasteiger partial charge in [0.15, 0.2) is 0 Å². The van der Waals surface area contributed by atoms with Crippen molar-refractivity contribution in [3.8, 4) is 23.7 Å². The molecule has 2 aliphatic heterocycles. The van der Waals surface area contributed by atoms with Crippen LogP contribution in [-0.2, 0) is 13.1 Å². The lowest BCUT2D eigenvalue weighted by Crippen LogP contribution is -2.50. The highest BCUT2D eigenvalue weighted by atomic mass is 15.3. The molecule has 0 saturated carbocycles. The van der Waals surface area contributed by atoms with Crippen LogP contribution in [0.3, 0.4) is 0 Å². The van der Waals surface area contributed by atoms with Crippen LogP contribution in [-0.4, -0.2) is 45.8 Å². The molecule has 0 amide bonds. The number of piperazine rings is 2. The summed E-state index contributed by atoms with van der Waals surface area (Å²) in [4.78, 5) is 10.6. The molecule has 2 heterocycles. The van der Waals surface area contributed by atoms with Crippen LogP contribution in [0, 0.1) is 23.7 Å². The second kappa shape index (κ2) is 27.2. The van der Waals surface area contributed by atoms with Gasteiger partial charge in [0, 0.05) is 50.4 Å². The number of rotatable bonds is 12. The first-order valence-corrected chi connectivity index (χ1v) is 28.2. The molecule has 0 spiro atoms. The topological polar surface area (TPSA) is 13.0 Å². The molecule has 10 aromatic carbocycles. The Balaban J connectivity index is 0.000000169. The maximum Gasteiger partial charge on any atom is 0.0980 e. The highest BCUT2D eigenvalue weighted by Gasteiger charge is 2.43. The van der Waals surface area contributed by atoms with E-state index in [4.69, 9.17) is 0 Å². The van der Waals surface area contributed by atoms with Crippen molar-refractivity contribution in [3.63, 3.8) is 0 Å². The minimum Gasteiger partial charge on any atom is -0.289 e. The summed E-state index contributed by atoms with van der Waals surface area (Å²) in [7, 11) is 0. The third kappa shape index (κ3) is 13.3. The Morgan fingerprint density at radius 1 is 0.275 bits per heavy atom. The fourth-order valence-electron chi connectivity index (χ4n) is 11.8. The minimum absolute atomic E-state index is 0.0447. The quantitative estimate of drug-likeness (QED) is 0.113. The van der Waals surface area contributed by atoms with E-state index in [1.165, 1.54) is 44.5 Å². The standard InChI is InChI=1S/2C38H34N2/c2*1-6-16-31(17-7-1)26-27-36(33-20-10-3-11-21-33)40-29-28-39(30-32-18-8-2-9-19-32)37(34-22-12-4-13-23-34)38(40)35-24-14-5-15-25-35/h2*1-25,36-38H,28-30H2/t2*36-,37-,38-/m11/s1. The van der Waals surface area contributed by atoms with Gasteiger partial charge < -0.3 is 0 Å². The summed E-state index contributed by atoms with van der Waals surface area (Å²) in [5.41, 5.74) is 12.5. The zero-order valence-electron chi connectivity index (χ0n) is 45.4. The summed E-state index contributed by atoms with van der Waals surface area (Å²) in [5.74, 6) is 14.5. The summed E-state index contributed by atoms with van der Waals surface area (Å²) in [6, 6.07) is 109. The summed E-state index contributed by atoms with van der Waals surface area (Å²) < 4.78 is 0. The van der Waals surface area contributed by atoms with Crippen molar-refractivity contribution in [1.29, 1.82) is 0 Å². The largest absolute Gasteiger partial charge is 0.289 e. The van der Waals surface area contributed by atoms with Gasteiger partial charge in [0.2, 0.25) is 0 Å². The molecule has 2 aliphatic rings. The first kappa shape index (κ1) is 53.2. The van der Waals surface area contributed by atoms with Gasteiger partial charge in [0.1, 0.15) is 0 Å². The van der Waals surface area contributed by atoms with Crippen LogP contribution in [0.15, 0.2) is 303 Å².